The van der Waals surface area contributed by atoms with Crippen molar-refractivity contribution in [1.82, 2.24) is 0 Å². The standard InChI is InChI=1S/C11H13BrO/c1-7-6-8(2)11(12)9(3)10(7)4-5-13/h5-6H,4H2,1-3H3. The molecule has 0 aromatic heterocycles. The molecule has 0 N–H and O–H groups in total. The molecular weight excluding hydrogens is 228 g/mol. The van der Waals surface area contributed by atoms with Crippen molar-refractivity contribution in [3.8, 4) is 0 Å². The van der Waals surface area contributed by atoms with Crippen LogP contribution in [0.25, 0.3) is 0 Å². The van der Waals surface area contributed by atoms with Crippen molar-refractivity contribution in [3.63, 3.8) is 0 Å². The molecule has 0 saturated carbocycles. The molecule has 1 aromatic carbocycles. The zero-order valence-corrected chi connectivity index (χ0v) is 9.73. The third-order valence-electron chi connectivity index (χ3n) is 2.32. The van der Waals surface area contributed by atoms with Crippen LogP contribution in [-0.2, 0) is 11.2 Å². The molecule has 0 aliphatic carbocycles. The van der Waals surface area contributed by atoms with Gasteiger partial charge in [0.05, 0.1) is 0 Å². The monoisotopic (exact) mass is 240 g/mol. The van der Waals surface area contributed by atoms with E-state index in [0.29, 0.717) is 6.42 Å². The van der Waals surface area contributed by atoms with Gasteiger partial charge in [-0.25, -0.2) is 0 Å². The zero-order chi connectivity index (χ0) is 10.0. The van der Waals surface area contributed by atoms with Gasteiger partial charge in [0.25, 0.3) is 0 Å². The minimum absolute atomic E-state index is 0.510. The predicted molar refractivity (Wildman–Crippen MR) is 58.1 cm³/mol. The molecule has 13 heavy (non-hydrogen) atoms. The molecule has 2 heteroatoms. The topological polar surface area (TPSA) is 17.1 Å². The van der Waals surface area contributed by atoms with Crippen LogP contribution in [0.4, 0.5) is 0 Å². The first kappa shape index (κ1) is 10.5. The molecule has 1 rings (SSSR count). The van der Waals surface area contributed by atoms with E-state index in [9.17, 15) is 4.79 Å². The quantitative estimate of drug-likeness (QED) is 0.727. The highest BCUT2D eigenvalue weighted by Crippen LogP contribution is 2.26. The highest BCUT2D eigenvalue weighted by molar-refractivity contribution is 9.10. The van der Waals surface area contributed by atoms with Crippen LogP contribution in [-0.4, -0.2) is 6.29 Å². The fraction of sp³-hybridized carbons (Fsp3) is 0.364. The molecule has 0 saturated heterocycles. The summed E-state index contributed by atoms with van der Waals surface area (Å²) in [6, 6.07) is 2.11. The number of benzene rings is 1. The lowest BCUT2D eigenvalue weighted by molar-refractivity contribution is -0.107. The van der Waals surface area contributed by atoms with E-state index >= 15 is 0 Å². The third-order valence-corrected chi connectivity index (χ3v) is 3.54. The Morgan fingerprint density at radius 1 is 1.31 bits per heavy atom. The summed E-state index contributed by atoms with van der Waals surface area (Å²) in [5.41, 5.74) is 4.76. The Morgan fingerprint density at radius 3 is 2.46 bits per heavy atom. The first-order valence-electron chi connectivity index (χ1n) is 4.26. The second-order valence-electron chi connectivity index (χ2n) is 3.30. The van der Waals surface area contributed by atoms with Gasteiger partial charge in [0.2, 0.25) is 0 Å². The van der Waals surface area contributed by atoms with Gasteiger partial charge in [0, 0.05) is 10.9 Å². The third kappa shape index (κ3) is 1.99. The van der Waals surface area contributed by atoms with Crippen LogP contribution in [0.1, 0.15) is 22.3 Å². The summed E-state index contributed by atoms with van der Waals surface area (Å²) >= 11 is 3.52. The maximum Gasteiger partial charge on any atom is 0.124 e. The highest BCUT2D eigenvalue weighted by Gasteiger charge is 2.07. The smallest absolute Gasteiger partial charge is 0.124 e. The Hall–Kier alpha value is -0.630. The summed E-state index contributed by atoms with van der Waals surface area (Å²) in [5.74, 6) is 0. The Kier molecular flexibility index (Phi) is 3.26. The zero-order valence-electron chi connectivity index (χ0n) is 8.15. The highest BCUT2D eigenvalue weighted by atomic mass is 79.9. The van der Waals surface area contributed by atoms with E-state index < -0.39 is 0 Å². The molecule has 0 amide bonds. The van der Waals surface area contributed by atoms with Crippen LogP contribution in [0.2, 0.25) is 0 Å². The lowest BCUT2D eigenvalue weighted by Crippen LogP contribution is -1.97. The van der Waals surface area contributed by atoms with E-state index in [1.807, 2.05) is 13.8 Å². The Morgan fingerprint density at radius 2 is 1.92 bits per heavy atom. The molecule has 0 aliphatic rings. The number of carbonyl (C=O) groups is 1. The van der Waals surface area contributed by atoms with Gasteiger partial charge in [0.15, 0.2) is 0 Å². The van der Waals surface area contributed by atoms with Crippen molar-refractivity contribution in [2.24, 2.45) is 0 Å². The fourth-order valence-electron chi connectivity index (χ4n) is 1.60. The van der Waals surface area contributed by atoms with Crippen molar-refractivity contribution in [1.29, 1.82) is 0 Å². The van der Waals surface area contributed by atoms with E-state index in [0.717, 1.165) is 16.3 Å². The van der Waals surface area contributed by atoms with Crippen LogP contribution < -0.4 is 0 Å². The second-order valence-corrected chi connectivity index (χ2v) is 4.09. The molecule has 0 heterocycles. The number of hydrogen-bond donors (Lipinski definition) is 0. The molecular formula is C11H13BrO. The van der Waals surface area contributed by atoms with Gasteiger partial charge >= 0.3 is 0 Å². The number of rotatable bonds is 2. The van der Waals surface area contributed by atoms with Gasteiger partial charge in [0.1, 0.15) is 6.29 Å². The number of aldehydes is 1. The molecule has 0 unspecified atom stereocenters. The van der Waals surface area contributed by atoms with Crippen molar-refractivity contribution in [2.75, 3.05) is 0 Å². The summed E-state index contributed by atoms with van der Waals surface area (Å²) < 4.78 is 1.12. The van der Waals surface area contributed by atoms with E-state index in [2.05, 4.69) is 28.9 Å². The van der Waals surface area contributed by atoms with Gasteiger partial charge in [-0.05, 0) is 43.0 Å². The lowest BCUT2D eigenvalue weighted by atomic mass is 9.98. The average Bonchev–Trinajstić information content (AvgIpc) is 2.09. The number of halogens is 1. The van der Waals surface area contributed by atoms with E-state index in [1.165, 1.54) is 16.7 Å². The molecule has 0 bridgehead atoms. The van der Waals surface area contributed by atoms with Crippen LogP contribution in [0.3, 0.4) is 0 Å². The van der Waals surface area contributed by atoms with Crippen molar-refractivity contribution in [3.05, 3.63) is 32.8 Å². The van der Waals surface area contributed by atoms with Crippen LogP contribution in [0.15, 0.2) is 10.5 Å². The molecule has 70 valence electrons. The predicted octanol–water partition coefficient (Wildman–Crippen LogP) is 3.12. The van der Waals surface area contributed by atoms with E-state index in [4.69, 9.17) is 0 Å². The average molecular weight is 241 g/mol. The van der Waals surface area contributed by atoms with Gasteiger partial charge in [-0.2, -0.15) is 0 Å². The van der Waals surface area contributed by atoms with Gasteiger partial charge in [-0.3, -0.25) is 0 Å². The first-order valence-corrected chi connectivity index (χ1v) is 5.06. The lowest BCUT2D eigenvalue weighted by Gasteiger charge is -2.11. The van der Waals surface area contributed by atoms with Gasteiger partial charge < -0.3 is 4.79 Å². The SMILES string of the molecule is Cc1cc(C)c(CC=O)c(C)c1Br. The van der Waals surface area contributed by atoms with Crippen LogP contribution in [0, 0.1) is 20.8 Å². The normalized spacial score (nSPS) is 10.2. The van der Waals surface area contributed by atoms with E-state index in [-0.39, 0.29) is 0 Å². The summed E-state index contributed by atoms with van der Waals surface area (Å²) in [6.07, 6.45) is 1.47. The molecule has 0 spiro atoms. The van der Waals surface area contributed by atoms with Crippen LogP contribution >= 0.6 is 15.9 Å². The van der Waals surface area contributed by atoms with Crippen molar-refractivity contribution < 1.29 is 4.79 Å². The largest absolute Gasteiger partial charge is 0.303 e. The van der Waals surface area contributed by atoms with Gasteiger partial charge in [-0.15, -0.1) is 0 Å². The van der Waals surface area contributed by atoms with Gasteiger partial charge in [-0.1, -0.05) is 22.0 Å². The number of aryl methyl sites for hydroxylation is 2. The van der Waals surface area contributed by atoms with Crippen molar-refractivity contribution >= 4 is 22.2 Å². The molecule has 0 radical (unpaired) electrons. The molecule has 1 nitrogen and oxygen atoms in total. The molecule has 0 aliphatic heterocycles. The van der Waals surface area contributed by atoms with E-state index in [1.54, 1.807) is 0 Å². The summed E-state index contributed by atoms with van der Waals surface area (Å²) in [7, 11) is 0. The maximum absolute atomic E-state index is 10.5. The minimum Gasteiger partial charge on any atom is -0.303 e. The first-order chi connectivity index (χ1) is 6.07. The molecule has 0 fully saturated rings. The maximum atomic E-state index is 10.5. The molecule has 0 atom stereocenters. The number of carbonyl (C=O) groups excluding carboxylic acids is 1. The Labute approximate surface area is 87.3 Å². The summed E-state index contributed by atoms with van der Waals surface area (Å²) in [5, 5.41) is 0. The number of hydrogen-bond acceptors (Lipinski definition) is 1. The van der Waals surface area contributed by atoms with Crippen molar-refractivity contribution in [2.45, 2.75) is 27.2 Å². The second kappa shape index (κ2) is 4.05. The molecule has 1 aromatic rings. The Bertz CT molecular complexity index is 342. The minimum atomic E-state index is 0.510. The summed E-state index contributed by atoms with van der Waals surface area (Å²) in [6.45, 7) is 6.16. The Balaban J connectivity index is 3.34. The fourth-order valence-corrected chi connectivity index (χ4v) is 1.95. The van der Waals surface area contributed by atoms with Crippen LogP contribution in [0.5, 0.6) is 0 Å². The summed E-state index contributed by atoms with van der Waals surface area (Å²) in [4.78, 5) is 10.5.